The smallest absolute Gasteiger partial charge is 0.241 e. The fourth-order valence-electron chi connectivity index (χ4n) is 2.64. The zero-order valence-electron chi connectivity index (χ0n) is 13.1. The summed E-state index contributed by atoms with van der Waals surface area (Å²) in [6, 6.07) is 5.31. The normalized spacial score (nSPS) is 20.0. The van der Waals surface area contributed by atoms with E-state index in [0.29, 0.717) is 13.0 Å². The summed E-state index contributed by atoms with van der Waals surface area (Å²) in [6.45, 7) is 1.62. The van der Waals surface area contributed by atoms with E-state index < -0.39 is 38.4 Å². The van der Waals surface area contributed by atoms with Crippen LogP contribution in [0.2, 0.25) is 5.02 Å². The van der Waals surface area contributed by atoms with Crippen LogP contribution in [0.25, 0.3) is 0 Å². The van der Waals surface area contributed by atoms with E-state index >= 15 is 0 Å². The van der Waals surface area contributed by atoms with E-state index in [0.717, 1.165) is 0 Å². The third-order valence-electron chi connectivity index (χ3n) is 3.83. The van der Waals surface area contributed by atoms with Gasteiger partial charge in [-0.3, -0.25) is 4.79 Å². The van der Waals surface area contributed by atoms with Crippen LogP contribution in [0.15, 0.2) is 29.2 Å². The van der Waals surface area contributed by atoms with E-state index in [1.54, 1.807) is 13.0 Å². The standard InChI is InChI=1S/C14H19ClN2O5S2/c1-2-17(12-6-7-23(19,20)10-12)14(18)9-16-24(21,22)13-5-3-4-11(15)8-13/h3-5,8,12,16H,2,6-7,9-10H2,1H3. The Balaban J connectivity index is 2.03. The average Bonchev–Trinajstić information content (AvgIpc) is 2.86. The molecular formula is C14H19ClN2O5S2. The average molecular weight is 395 g/mol. The van der Waals surface area contributed by atoms with Gasteiger partial charge in [0.1, 0.15) is 0 Å². The summed E-state index contributed by atoms with van der Waals surface area (Å²) >= 11 is 5.78. The molecule has 1 aromatic rings. The van der Waals surface area contributed by atoms with E-state index in [4.69, 9.17) is 11.6 Å². The Bertz CT molecular complexity index is 823. The number of sulfonamides is 1. The highest BCUT2D eigenvalue weighted by molar-refractivity contribution is 7.91. The molecule has 1 saturated heterocycles. The molecule has 1 aliphatic heterocycles. The van der Waals surface area contributed by atoms with E-state index in [1.807, 2.05) is 0 Å². The van der Waals surface area contributed by atoms with Gasteiger partial charge in [0.05, 0.1) is 22.9 Å². The Hall–Kier alpha value is -1.16. The third kappa shape index (κ3) is 4.69. The van der Waals surface area contributed by atoms with Crippen LogP contribution < -0.4 is 4.72 Å². The monoisotopic (exact) mass is 394 g/mol. The second kappa shape index (κ2) is 7.38. The van der Waals surface area contributed by atoms with Crippen molar-refractivity contribution in [2.24, 2.45) is 0 Å². The number of nitrogens with one attached hydrogen (secondary N) is 1. The van der Waals surface area contributed by atoms with Crippen LogP contribution in [0, 0.1) is 0 Å². The number of benzene rings is 1. The Morgan fingerprint density at radius 2 is 2.12 bits per heavy atom. The molecule has 134 valence electrons. The number of halogens is 1. The second-order valence-corrected chi connectivity index (χ2v) is 9.95. The van der Waals surface area contributed by atoms with Crippen molar-refractivity contribution in [3.8, 4) is 0 Å². The molecular weight excluding hydrogens is 376 g/mol. The molecule has 24 heavy (non-hydrogen) atoms. The van der Waals surface area contributed by atoms with Crippen LogP contribution in [0.5, 0.6) is 0 Å². The fraction of sp³-hybridized carbons (Fsp3) is 0.500. The summed E-state index contributed by atoms with van der Waals surface area (Å²) in [5, 5.41) is 0.274. The number of rotatable bonds is 6. The molecule has 1 unspecified atom stereocenters. The molecule has 1 fully saturated rings. The predicted octanol–water partition coefficient (Wildman–Crippen LogP) is 0.654. The maximum atomic E-state index is 12.3. The van der Waals surface area contributed by atoms with Gasteiger partial charge in [-0.25, -0.2) is 21.6 Å². The van der Waals surface area contributed by atoms with Gasteiger partial charge < -0.3 is 4.90 Å². The minimum absolute atomic E-state index is 0.0331. The molecule has 1 amide bonds. The molecule has 1 aliphatic rings. The van der Waals surface area contributed by atoms with Crippen molar-refractivity contribution in [3.05, 3.63) is 29.3 Å². The van der Waals surface area contributed by atoms with Gasteiger partial charge in [-0.15, -0.1) is 0 Å². The molecule has 0 bridgehead atoms. The first-order valence-electron chi connectivity index (χ1n) is 7.40. The lowest BCUT2D eigenvalue weighted by atomic mass is 10.2. The largest absolute Gasteiger partial charge is 0.338 e. The highest BCUT2D eigenvalue weighted by Crippen LogP contribution is 2.18. The highest BCUT2D eigenvalue weighted by Gasteiger charge is 2.34. The zero-order valence-corrected chi connectivity index (χ0v) is 15.5. The molecule has 1 N–H and O–H groups in total. The number of carbonyl (C=O) groups is 1. The molecule has 0 aromatic heterocycles. The van der Waals surface area contributed by atoms with E-state index in [1.165, 1.54) is 23.1 Å². The lowest BCUT2D eigenvalue weighted by molar-refractivity contribution is -0.131. The number of hydrogen-bond donors (Lipinski definition) is 1. The van der Waals surface area contributed by atoms with Crippen molar-refractivity contribution in [2.45, 2.75) is 24.3 Å². The molecule has 1 atom stereocenters. The molecule has 0 spiro atoms. The van der Waals surface area contributed by atoms with Gasteiger partial charge in [0.2, 0.25) is 15.9 Å². The fourth-order valence-corrected chi connectivity index (χ4v) is 5.64. The van der Waals surface area contributed by atoms with Gasteiger partial charge in [0.25, 0.3) is 0 Å². The Morgan fingerprint density at radius 1 is 1.42 bits per heavy atom. The first kappa shape index (κ1) is 19.2. The topological polar surface area (TPSA) is 101 Å². The van der Waals surface area contributed by atoms with Gasteiger partial charge in [-0.2, -0.15) is 0 Å². The highest BCUT2D eigenvalue weighted by atomic mass is 35.5. The lowest BCUT2D eigenvalue weighted by Gasteiger charge is -2.27. The Kier molecular flexibility index (Phi) is 5.90. The maximum Gasteiger partial charge on any atom is 0.241 e. The van der Waals surface area contributed by atoms with Crippen molar-refractivity contribution in [2.75, 3.05) is 24.6 Å². The molecule has 10 heteroatoms. The number of carbonyl (C=O) groups excluding carboxylic acids is 1. The Morgan fingerprint density at radius 3 is 2.67 bits per heavy atom. The summed E-state index contributed by atoms with van der Waals surface area (Å²) in [5.74, 6) is -0.478. The van der Waals surface area contributed by atoms with Crippen molar-refractivity contribution in [1.82, 2.24) is 9.62 Å². The summed E-state index contributed by atoms with van der Waals surface area (Å²) in [5.41, 5.74) is 0. The summed E-state index contributed by atoms with van der Waals surface area (Å²) < 4.78 is 49.7. The minimum Gasteiger partial charge on any atom is -0.338 e. The second-order valence-electron chi connectivity index (χ2n) is 5.52. The third-order valence-corrected chi connectivity index (χ3v) is 7.21. The van der Waals surface area contributed by atoms with Crippen LogP contribution in [-0.4, -0.2) is 58.3 Å². The van der Waals surface area contributed by atoms with Crippen LogP contribution >= 0.6 is 11.6 Å². The van der Waals surface area contributed by atoms with Crippen LogP contribution in [0.1, 0.15) is 13.3 Å². The summed E-state index contributed by atoms with van der Waals surface area (Å²) in [4.78, 5) is 13.7. The van der Waals surface area contributed by atoms with Crippen molar-refractivity contribution in [3.63, 3.8) is 0 Å². The first-order chi connectivity index (χ1) is 11.1. The van der Waals surface area contributed by atoms with E-state index in [2.05, 4.69) is 4.72 Å². The van der Waals surface area contributed by atoms with Gasteiger partial charge in [0, 0.05) is 17.6 Å². The van der Waals surface area contributed by atoms with Crippen molar-refractivity contribution in [1.29, 1.82) is 0 Å². The van der Waals surface area contributed by atoms with Gasteiger partial charge in [-0.05, 0) is 31.5 Å². The SMILES string of the molecule is CCN(C(=O)CNS(=O)(=O)c1cccc(Cl)c1)C1CCS(=O)(=O)C1. The molecule has 1 heterocycles. The zero-order chi connectivity index (χ0) is 18.0. The van der Waals surface area contributed by atoms with Gasteiger partial charge in [-0.1, -0.05) is 17.7 Å². The predicted molar refractivity (Wildman–Crippen MR) is 91.1 cm³/mol. The maximum absolute atomic E-state index is 12.3. The van der Waals surface area contributed by atoms with Crippen molar-refractivity contribution >= 4 is 37.4 Å². The molecule has 1 aromatic carbocycles. The lowest BCUT2D eigenvalue weighted by Crippen LogP contribution is -2.46. The number of nitrogens with zero attached hydrogens (tertiary/aromatic N) is 1. The van der Waals surface area contributed by atoms with E-state index in [-0.39, 0.29) is 21.4 Å². The number of likely N-dealkylation sites (N-methyl/N-ethyl adjacent to an activating group) is 1. The quantitative estimate of drug-likeness (QED) is 0.763. The van der Waals surface area contributed by atoms with E-state index in [9.17, 15) is 21.6 Å². The molecule has 7 nitrogen and oxygen atoms in total. The van der Waals surface area contributed by atoms with Crippen LogP contribution in [-0.2, 0) is 24.7 Å². The van der Waals surface area contributed by atoms with Crippen molar-refractivity contribution < 1.29 is 21.6 Å². The molecule has 2 rings (SSSR count). The minimum atomic E-state index is -3.87. The Labute approximate surface area is 147 Å². The number of amides is 1. The summed E-state index contributed by atoms with van der Waals surface area (Å²) in [7, 11) is -6.99. The molecule has 0 aliphatic carbocycles. The summed E-state index contributed by atoms with van der Waals surface area (Å²) in [6.07, 6.45) is 0.378. The van der Waals surface area contributed by atoms with Gasteiger partial charge in [0.15, 0.2) is 9.84 Å². The number of hydrogen-bond acceptors (Lipinski definition) is 5. The van der Waals surface area contributed by atoms with Crippen LogP contribution in [0.4, 0.5) is 0 Å². The number of sulfone groups is 1. The molecule has 0 radical (unpaired) electrons. The first-order valence-corrected chi connectivity index (χ1v) is 11.1. The van der Waals surface area contributed by atoms with Crippen LogP contribution in [0.3, 0.4) is 0 Å². The molecule has 0 saturated carbocycles. The van der Waals surface area contributed by atoms with Gasteiger partial charge >= 0.3 is 0 Å².